The van der Waals surface area contributed by atoms with E-state index in [-0.39, 0.29) is 34.4 Å². The first-order valence-corrected chi connectivity index (χ1v) is 7.87. The molecule has 4 heteroatoms. The zero-order valence-corrected chi connectivity index (χ0v) is 13.7. The van der Waals surface area contributed by atoms with Gasteiger partial charge in [-0.1, -0.05) is 20.8 Å². The monoisotopic (exact) mass is 304 g/mol. The number of benzene rings is 1. The fourth-order valence-corrected chi connectivity index (χ4v) is 4.31. The lowest BCUT2D eigenvalue weighted by molar-refractivity contribution is -0.0242. The number of phenols is 1. The summed E-state index contributed by atoms with van der Waals surface area (Å²) in [7, 11) is 1.46. The summed E-state index contributed by atoms with van der Waals surface area (Å²) < 4.78 is 10.9. The number of hydrogen-bond acceptors (Lipinski definition) is 4. The second-order valence-electron chi connectivity index (χ2n) is 7.39. The Labute approximate surface area is 131 Å². The lowest BCUT2D eigenvalue weighted by Crippen LogP contribution is -2.38. The second kappa shape index (κ2) is 4.90. The second-order valence-corrected chi connectivity index (χ2v) is 7.39. The number of rotatable bonds is 3. The molecule has 2 aliphatic carbocycles. The number of esters is 1. The van der Waals surface area contributed by atoms with Gasteiger partial charge >= 0.3 is 5.97 Å². The Morgan fingerprint density at radius 1 is 1.32 bits per heavy atom. The van der Waals surface area contributed by atoms with E-state index in [0.29, 0.717) is 11.5 Å². The van der Waals surface area contributed by atoms with Crippen LogP contribution in [0.3, 0.4) is 0 Å². The van der Waals surface area contributed by atoms with Crippen LogP contribution >= 0.6 is 0 Å². The number of aromatic hydroxyl groups is 1. The number of carbonyl (C=O) groups is 1. The standard InChI is InChI=1S/C18H24O4/c1-17(2)12-7-8-18(17,3)15(10-12)22-16(20)11-5-6-13(19)14(9-11)21-4/h5-6,9,12,15,19H,7-8,10H2,1-4H3. The zero-order valence-electron chi connectivity index (χ0n) is 13.7. The van der Waals surface area contributed by atoms with Crippen LogP contribution in [0, 0.1) is 16.7 Å². The van der Waals surface area contributed by atoms with Gasteiger partial charge in [-0.3, -0.25) is 0 Å². The molecule has 2 fully saturated rings. The Bertz CT molecular complexity index is 607. The summed E-state index contributed by atoms with van der Waals surface area (Å²) in [5, 5.41) is 9.62. The van der Waals surface area contributed by atoms with Crippen molar-refractivity contribution in [1.82, 2.24) is 0 Å². The number of methoxy groups -OCH3 is 1. The molecule has 1 aromatic rings. The van der Waals surface area contributed by atoms with Gasteiger partial charge < -0.3 is 14.6 Å². The van der Waals surface area contributed by atoms with Crippen molar-refractivity contribution >= 4 is 5.97 Å². The molecule has 2 bridgehead atoms. The fourth-order valence-electron chi connectivity index (χ4n) is 4.31. The Balaban J connectivity index is 1.79. The van der Waals surface area contributed by atoms with Gasteiger partial charge in [0.05, 0.1) is 12.7 Å². The summed E-state index contributed by atoms with van der Waals surface area (Å²) >= 11 is 0. The van der Waals surface area contributed by atoms with Crippen molar-refractivity contribution in [3.63, 3.8) is 0 Å². The van der Waals surface area contributed by atoms with E-state index in [2.05, 4.69) is 20.8 Å². The van der Waals surface area contributed by atoms with Crippen molar-refractivity contribution in [2.45, 2.75) is 46.1 Å². The minimum Gasteiger partial charge on any atom is -0.504 e. The molecule has 120 valence electrons. The number of hydrogen-bond donors (Lipinski definition) is 1. The number of ether oxygens (including phenoxy) is 2. The summed E-state index contributed by atoms with van der Waals surface area (Å²) in [6, 6.07) is 4.56. The Hall–Kier alpha value is -1.71. The van der Waals surface area contributed by atoms with E-state index in [0.717, 1.165) is 12.8 Å². The summed E-state index contributed by atoms with van der Waals surface area (Å²) in [5.41, 5.74) is 0.678. The Morgan fingerprint density at radius 3 is 2.59 bits per heavy atom. The first kappa shape index (κ1) is 15.2. The van der Waals surface area contributed by atoms with E-state index >= 15 is 0 Å². The largest absolute Gasteiger partial charge is 0.504 e. The van der Waals surface area contributed by atoms with Gasteiger partial charge in [0.15, 0.2) is 11.5 Å². The van der Waals surface area contributed by atoms with Gasteiger partial charge in [0.2, 0.25) is 0 Å². The van der Waals surface area contributed by atoms with Gasteiger partial charge in [-0.25, -0.2) is 4.79 Å². The Morgan fingerprint density at radius 2 is 2.05 bits per heavy atom. The number of fused-ring (bicyclic) bond motifs is 2. The molecule has 3 unspecified atom stereocenters. The molecule has 0 aromatic heterocycles. The predicted octanol–water partition coefficient (Wildman–Crippen LogP) is 3.77. The predicted molar refractivity (Wildman–Crippen MR) is 83.1 cm³/mol. The molecule has 0 amide bonds. The highest BCUT2D eigenvalue weighted by atomic mass is 16.5. The van der Waals surface area contributed by atoms with Crippen LogP contribution in [0.25, 0.3) is 0 Å². The van der Waals surface area contributed by atoms with E-state index in [1.165, 1.54) is 25.7 Å². The van der Waals surface area contributed by atoms with Crippen molar-refractivity contribution in [3.05, 3.63) is 23.8 Å². The molecule has 2 aliphatic rings. The average Bonchev–Trinajstić information content (AvgIpc) is 2.81. The molecule has 2 saturated carbocycles. The van der Waals surface area contributed by atoms with E-state index in [9.17, 15) is 9.90 Å². The molecule has 1 N–H and O–H groups in total. The summed E-state index contributed by atoms with van der Waals surface area (Å²) in [4.78, 5) is 12.5. The van der Waals surface area contributed by atoms with Gasteiger partial charge in [-0.15, -0.1) is 0 Å². The van der Waals surface area contributed by atoms with Crippen LogP contribution in [0.15, 0.2) is 18.2 Å². The molecule has 3 rings (SSSR count). The van der Waals surface area contributed by atoms with Gasteiger partial charge in [0, 0.05) is 5.41 Å². The van der Waals surface area contributed by atoms with Gasteiger partial charge in [-0.2, -0.15) is 0 Å². The van der Waals surface area contributed by atoms with Crippen LogP contribution in [0.4, 0.5) is 0 Å². The van der Waals surface area contributed by atoms with Crippen molar-refractivity contribution in [2.75, 3.05) is 7.11 Å². The van der Waals surface area contributed by atoms with Crippen LogP contribution in [-0.2, 0) is 4.74 Å². The minimum absolute atomic E-state index is 0.0204. The van der Waals surface area contributed by atoms with Crippen LogP contribution < -0.4 is 4.74 Å². The third kappa shape index (κ3) is 2.00. The third-order valence-corrected chi connectivity index (χ3v) is 6.38. The highest BCUT2D eigenvalue weighted by Crippen LogP contribution is 2.66. The normalized spacial score (nSPS) is 32.0. The number of carbonyl (C=O) groups excluding carboxylic acids is 1. The average molecular weight is 304 g/mol. The minimum atomic E-state index is -0.340. The molecule has 0 aliphatic heterocycles. The van der Waals surface area contributed by atoms with E-state index in [1.807, 2.05) is 0 Å². The molecule has 0 spiro atoms. The van der Waals surface area contributed by atoms with E-state index in [1.54, 1.807) is 6.07 Å². The van der Waals surface area contributed by atoms with Crippen molar-refractivity contribution in [2.24, 2.45) is 16.7 Å². The summed E-state index contributed by atoms with van der Waals surface area (Å²) in [6.45, 7) is 6.83. The molecule has 0 saturated heterocycles. The molecular formula is C18H24O4. The smallest absolute Gasteiger partial charge is 0.338 e. The lowest BCUT2D eigenvalue weighted by atomic mass is 9.70. The van der Waals surface area contributed by atoms with Gasteiger partial charge in [0.25, 0.3) is 0 Å². The summed E-state index contributed by atoms with van der Waals surface area (Å²) in [5.74, 6) is 0.596. The third-order valence-electron chi connectivity index (χ3n) is 6.38. The maximum absolute atomic E-state index is 12.5. The quantitative estimate of drug-likeness (QED) is 0.864. The van der Waals surface area contributed by atoms with Crippen LogP contribution in [0.2, 0.25) is 0 Å². The Kier molecular flexibility index (Phi) is 3.38. The van der Waals surface area contributed by atoms with Crippen LogP contribution in [0.1, 0.15) is 50.4 Å². The highest BCUT2D eigenvalue weighted by molar-refractivity contribution is 5.90. The maximum Gasteiger partial charge on any atom is 0.338 e. The highest BCUT2D eigenvalue weighted by Gasteiger charge is 2.62. The van der Waals surface area contributed by atoms with Crippen molar-refractivity contribution < 1.29 is 19.4 Å². The first-order chi connectivity index (χ1) is 10.3. The van der Waals surface area contributed by atoms with Gasteiger partial charge in [0.1, 0.15) is 6.10 Å². The van der Waals surface area contributed by atoms with Gasteiger partial charge in [-0.05, 0) is 48.8 Å². The number of phenolic OH excluding ortho intramolecular Hbond substituents is 1. The van der Waals surface area contributed by atoms with Crippen molar-refractivity contribution in [3.8, 4) is 11.5 Å². The fraction of sp³-hybridized carbons (Fsp3) is 0.611. The molecule has 3 atom stereocenters. The van der Waals surface area contributed by atoms with Crippen molar-refractivity contribution in [1.29, 1.82) is 0 Å². The molecule has 0 radical (unpaired) electrons. The SMILES string of the molecule is COc1cc(C(=O)OC2CC3CCC2(C)C3(C)C)ccc1O. The lowest BCUT2D eigenvalue weighted by Gasteiger charge is -2.38. The van der Waals surface area contributed by atoms with Crippen LogP contribution in [0.5, 0.6) is 11.5 Å². The molecular weight excluding hydrogens is 280 g/mol. The van der Waals surface area contributed by atoms with E-state index in [4.69, 9.17) is 9.47 Å². The molecule has 4 nitrogen and oxygen atoms in total. The first-order valence-electron chi connectivity index (χ1n) is 7.87. The zero-order chi connectivity index (χ0) is 16.1. The molecule has 1 aromatic carbocycles. The maximum atomic E-state index is 12.5. The van der Waals surface area contributed by atoms with E-state index < -0.39 is 0 Å². The molecule has 0 heterocycles. The topological polar surface area (TPSA) is 55.8 Å². The molecule has 22 heavy (non-hydrogen) atoms. The van der Waals surface area contributed by atoms with Crippen LogP contribution in [-0.4, -0.2) is 24.3 Å². The summed E-state index contributed by atoms with van der Waals surface area (Å²) in [6.07, 6.45) is 3.25.